The fourth-order valence-electron chi connectivity index (χ4n) is 2.30. The summed E-state index contributed by atoms with van der Waals surface area (Å²) in [6, 6.07) is 8.15. The van der Waals surface area contributed by atoms with Gasteiger partial charge < -0.3 is 10.4 Å². The SMILES string of the molecule is Cc1cnc(NC2c3ccccc3CC2O)s1. The third-order valence-corrected chi connectivity index (χ3v) is 3.95. The Bertz CT molecular complexity index is 538. The molecule has 0 amide bonds. The second-order valence-corrected chi connectivity index (χ2v) is 5.60. The molecule has 17 heavy (non-hydrogen) atoms. The number of thiazole rings is 1. The largest absolute Gasteiger partial charge is 0.390 e. The van der Waals surface area contributed by atoms with Gasteiger partial charge in [0.05, 0.1) is 12.1 Å². The van der Waals surface area contributed by atoms with E-state index >= 15 is 0 Å². The van der Waals surface area contributed by atoms with Crippen LogP contribution in [-0.2, 0) is 6.42 Å². The molecule has 0 saturated heterocycles. The number of aromatic nitrogens is 1. The predicted molar refractivity (Wildman–Crippen MR) is 69.4 cm³/mol. The first-order valence-electron chi connectivity index (χ1n) is 5.69. The van der Waals surface area contributed by atoms with Crippen LogP contribution in [0.4, 0.5) is 5.13 Å². The second-order valence-electron chi connectivity index (χ2n) is 4.37. The number of nitrogens with zero attached hydrogens (tertiary/aromatic N) is 1. The molecule has 0 aliphatic heterocycles. The van der Waals surface area contributed by atoms with Crippen LogP contribution in [0, 0.1) is 6.92 Å². The number of hydrogen-bond acceptors (Lipinski definition) is 4. The van der Waals surface area contributed by atoms with Gasteiger partial charge >= 0.3 is 0 Å². The molecule has 1 aliphatic carbocycles. The maximum absolute atomic E-state index is 10.1. The van der Waals surface area contributed by atoms with Crippen molar-refractivity contribution >= 4 is 16.5 Å². The van der Waals surface area contributed by atoms with Gasteiger partial charge in [0, 0.05) is 17.5 Å². The van der Waals surface area contributed by atoms with Gasteiger partial charge in [0.25, 0.3) is 0 Å². The molecule has 0 spiro atoms. The fraction of sp³-hybridized carbons (Fsp3) is 0.308. The van der Waals surface area contributed by atoms with E-state index in [1.54, 1.807) is 11.3 Å². The summed E-state index contributed by atoms with van der Waals surface area (Å²) in [5, 5.41) is 14.3. The number of aliphatic hydroxyl groups is 1. The molecule has 2 unspecified atom stereocenters. The van der Waals surface area contributed by atoms with E-state index < -0.39 is 0 Å². The molecular formula is C13H14N2OS. The summed E-state index contributed by atoms with van der Waals surface area (Å²) in [5.41, 5.74) is 2.42. The quantitative estimate of drug-likeness (QED) is 0.856. The van der Waals surface area contributed by atoms with Crippen molar-refractivity contribution in [2.24, 2.45) is 0 Å². The van der Waals surface area contributed by atoms with E-state index in [0.29, 0.717) is 0 Å². The van der Waals surface area contributed by atoms with Crippen molar-refractivity contribution in [3.05, 3.63) is 46.5 Å². The molecule has 1 aromatic heterocycles. The number of rotatable bonds is 2. The van der Waals surface area contributed by atoms with Gasteiger partial charge in [-0.15, -0.1) is 11.3 Å². The minimum Gasteiger partial charge on any atom is -0.390 e. The van der Waals surface area contributed by atoms with Crippen molar-refractivity contribution in [3.8, 4) is 0 Å². The maximum Gasteiger partial charge on any atom is 0.183 e. The van der Waals surface area contributed by atoms with Crippen LogP contribution in [-0.4, -0.2) is 16.2 Å². The number of fused-ring (bicyclic) bond motifs is 1. The molecule has 2 N–H and O–H groups in total. The summed E-state index contributed by atoms with van der Waals surface area (Å²) in [5.74, 6) is 0. The predicted octanol–water partition coefficient (Wildman–Crippen LogP) is 2.52. The van der Waals surface area contributed by atoms with Crippen LogP contribution in [0.1, 0.15) is 22.0 Å². The first kappa shape index (κ1) is 10.7. The number of hydrogen-bond donors (Lipinski definition) is 2. The molecular weight excluding hydrogens is 232 g/mol. The molecule has 2 aromatic rings. The van der Waals surface area contributed by atoms with Crippen molar-refractivity contribution in [1.29, 1.82) is 0 Å². The van der Waals surface area contributed by atoms with Crippen LogP contribution in [0.25, 0.3) is 0 Å². The Hall–Kier alpha value is -1.39. The Kier molecular flexibility index (Phi) is 2.61. The van der Waals surface area contributed by atoms with Crippen molar-refractivity contribution in [1.82, 2.24) is 4.98 Å². The third kappa shape index (κ3) is 1.94. The Labute approximate surface area is 104 Å². The normalized spacial score (nSPS) is 22.5. The van der Waals surface area contributed by atoms with Gasteiger partial charge in [0.1, 0.15) is 0 Å². The molecule has 4 heteroatoms. The Balaban J connectivity index is 1.88. The molecule has 3 nitrogen and oxygen atoms in total. The lowest BCUT2D eigenvalue weighted by molar-refractivity contribution is 0.166. The summed E-state index contributed by atoms with van der Waals surface area (Å²) in [4.78, 5) is 5.46. The molecule has 3 rings (SSSR count). The van der Waals surface area contributed by atoms with Gasteiger partial charge in [-0.05, 0) is 18.1 Å². The van der Waals surface area contributed by atoms with E-state index in [0.717, 1.165) is 11.6 Å². The standard InChI is InChI=1S/C13H14N2OS/c1-8-7-14-13(17-8)15-12-10-5-3-2-4-9(10)6-11(12)16/h2-5,7,11-12,16H,6H2,1H3,(H,14,15). The summed E-state index contributed by atoms with van der Waals surface area (Å²) >= 11 is 1.62. The third-order valence-electron chi connectivity index (χ3n) is 3.10. The Morgan fingerprint density at radius 1 is 1.41 bits per heavy atom. The van der Waals surface area contributed by atoms with E-state index in [9.17, 15) is 5.11 Å². The molecule has 1 aromatic carbocycles. The highest BCUT2D eigenvalue weighted by atomic mass is 32.1. The Morgan fingerprint density at radius 2 is 2.24 bits per heavy atom. The van der Waals surface area contributed by atoms with E-state index in [4.69, 9.17) is 0 Å². The summed E-state index contributed by atoms with van der Waals surface area (Å²) < 4.78 is 0. The number of anilines is 1. The summed E-state index contributed by atoms with van der Waals surface area (Å²) in [6.45, 7) is 2.03. The van der Waals surface area contributed by atoms with Gasteiger partial charge in [0.2, 0.25) is 0 Å². The number of nitrogens with one attached hydrogen (secondary N) is 1. The molecule has 2 atom stereocenters. The molecule has 0 radical (unpaired) electrons. The van der Waals surface area contributed by atoms with Crippen LogP contribution in [0.5, 0.6) is 0 Å². The zero-order valence-electron chi connectivity index (χ0n) is 9.55. The van der Waals surface area contributed by atoms with Gasteiger partial charge in [-0.25, -0.2) is 4.98 Å². The highest BCUT2D eigenvalue weighted by Crippen LogP contribution is 2.34. The van der Waals surface area contributed by atoms with Crippen LogP contribution in [0.2, 0.25) is 0 Å². The monoisotopic (exact) mass is 246 g/mol. The van der Waals surface area contributed by atoms with Crippen LogP contribution in [0.3, 0.4) is 0 Å². The van der Waals surface area contributed by atoms with Crippen molar-refractivity contribution in [2.75, 3.05) is 5.32 Å². The highest BCUT2D eigenvalue weighted by molar-refractivity contribution is 7.15. The highest BCUT2D eigenvalue weighted by Gasteiger charge is 2.30. The fourth-order valence-corrected chi connectivity index (χ4v) is 3.00. The zero-order chi connectivity index (χ0) is 11.8. The van der Waals surface area contributed by atoms with E-state index in [1.807, 2.05) is 25.3 Å². The van der Waals surface area contributed by atoms with E-state index in [1.165, 1.54) is 16.0 Å². The summed E-state index contributed by atoms with van der Waals surface area (Å²) in [6.07, 6.45) is 2.20. The zero-order valence-corrected chi connectivity index (χ0v) is 10.4. The average molecular weight is 246 g/mol. The van der Waals surface area contributed by atoms with E-state index in [-0.39, 0.29) is 12.1 Å². The smallest absolute Gasteiger partial charge is 0.183 e. The number of aryl methyl sites for hydroxylation is 1. The van der Waals surface area contributed by atoms with Crippen LogP contribution in [0.15, 0.2) is 30.5 Å². The van der Waals surface area contributed by atoms with Crippen LogP contribution >= 0.6 is 11.3 Å². The second kappa shape index (κ2) is 4.13. The summed E-state index contributed by atoms with van der Waals surface area (Å²) in [7, 11) is 0. The minimum absolute atomic E-state index is 0.0308. The molecule has 1 aliphatic rings. The topological polar surface area (TPSA) is 45.2 Å². The van der Waals surface area contributed by atoms with Crippen molar-refractivity contribution < 1.29 is 5.11 Å². The van der Waals surface area contributed by atoms with Gasteiger partial charge in [-0.1, -0.05) is 24.3 Å². The molecule has 0 bridgehead atoms. The maximum atomic E-state index is 10.1. The molecule has 1 heterocycles. The first-order valence-corrected chi connectivity index (χ1v) is 6.50. The lowest BCUT2D eigenvalue weighted by atomic mass is 10.1. The van der Waals surface area contributed by atoms with E-state index in [2.05, 4.69) is 22.4 Å². The lowest BCUT2D eigenvalue weighted by Crippen LogP contribution is -2.20. The van der Waals surface area contributed by atoms with Gasteiger partial charge in [-0.3, -0.25) is 0 Å². The average Bonchev–Trinajstić information content (AvgIpc) is 2.85. The lowest BCUT2D eigenvalue weighted by Gasteiger charge is -2.16. The van der Waals surface area contributed by atoms with Crippen molar-refractivity contribution in [3.63, 3.8) is 0 Å². The molecule has 88 valence electrons. The van der Waals surface area contributed by atoms with Gasteiger partial charge in [-0.2, -0.15) is 0 Å². The number of aliphatic hydroxyl groups excluding tert-OH is 1. The first-order chi connectivity index (χ1) is 8.24. The Morgan fingerprint density at radius 3 is 3.00 bits per heavy atom. The molecule has 0 fully saturated rings. The minimum atomic E-state index is -0.364. The number of benzene rings is 1. The van der Waals surface area contributed by atoms with Gasteiger partial charge in [0.15, 0.2) is 5.13 Å². The molecule has 0 saturated carbocycles. The van der Waals surface area contributed by atoms with Crippen LogP contribution < -0.4 is 5.32 Å². The van der Waals surface area contributed by atoms with Crippen molar-refractivity contribution in [2.45, 2.75) is 25.5 Å².